The molecule has 2 rings (SSSR count). The van der Waals surface area contributed by atoms with E-state index >= 15 is 0 Å². The number of aromatic nitrogens is 1. The summed E-state index contributed by atoms with van der Waals surface area (Å²) in [6.07, 6.45) is 1.58. The maximum absolute atomic E-state index is 13.6. The Balaban J connectivity index is 2.03. The first-order chi connectivity index (χ1) is 9.74. The lowest BCUT2D eigenvalue weighted by atomic mass is 10.2. The predicted molar refractivity (Wildman–Crippen MR) is 72.0 cm³/mol. The van der Waals surface area contributed by atoms with Crippen LogP contribution in [0.5, 0.6) is 5.75 Å². The van der Waals surface area contributed by atoms with Crippen LogP contribution in [0.3, 0.4) is 0 Å². The lowest BCUT2D eigenvalue weighted by Gasteiger charge is -2.03. The van der Waals surface area contributed by atoms with Crippen molar-refractivity contribution < 1.29 is 18.3 Å². The second-order valence-corrected chi connectivity index (χ2v) is 4.14. The maximum Gasteiger partial charge on any atom is 0.208 e. The summed E-state index contributed by atoms with van der Waals surface area (Å²) in [4.78, 5) is 4.14. The minimum Gasteiger partial charge on any atom is -0.494 e. The van der Waals surface area contributed by atoms with E-state index in [1.165, 1.54) is 13.2 Å². The highest BCUT2D eigenvalue weighted by Gasteiger charge is 2.09. The predicted octanol–water partition coefficient (Wildman–Crippen LogP) is 2.23. The van der Waals surface area contributed by atoms with Gasteiger partial charge in [-0.25, -0.2) is 9.37 Å². The van der Waals surface area contributed by atoms with Crippen molar-refractivity contribution in [2.24, 2.45) is 0 Å². The second kappa shape index (κ2) is 7.02. The Morgan fingerprint density at radius 2 is 2.20 bits per heavy atom. The van der Waals surface area contributed by atoms with Gasteiger partial charge in [0.25, 0.3) is 0 Å². The minimum absolute atomic E-state index is 0.203. The Morgan fingerprint density at radius 1 is 1.35 bits per heavy atom. The average molecular weight is 280 g/mol. The molecule has 0 aliphatic carbocycles. The number of oxazole rings is 1. The molecule has 0 atom stereocenters. The number of nitrogens with zero attached hydrogens (tertiary/aromatic N) is 1. The van der Waals surface area contributed by atoms with Crippen molar-refractivity contribution in [3.8, 4) is 17.1 Å². The standard InChI is InChI=1S/C14H17FN2O3/c1-18-6-5-16-9-14-17-8-13(20-14)10-3-4-12(19-2)11(15)7-10/h3-4,7-8,16H,5-6,9H2,1-2H3. The van der Waals surface area contributed by atoms with E-state index in [-0.39, 0.29) is 5.75 Å². The molecule has 20 heavy (non-hydrogen) atoms. The molecule has 0 aliphatic heterocycles. The highest BCUT2D eigenvalue weighted by Crippen LogP contribution is 2.25. The van der Waals surface area contributed by atoms with Crippen LogP contribution in [0.2, 0.25) is 0 Å². The van der Waals surface area contributed by atoms with Crippen molar-refractivity contribution in [2.75, 3.05) is 27.4 Å². The number of hydrogen-bond donors (Lipinski definition) is 1. The third-order valence-corrected chi connectivity index (χ3v) is 2.75. The molecule has 0 saturated carbocycles. The Hall–Kier alpha value is -1.92. The number of halogens is 1. The van der Waals surface area contributed by atoms with Crippen LogP contribution in [0.1, 0.15) is 5.89 Å². The maximum atomic E-state index is 13.6. The van der Waals surface area contributed by atoms with E-state index in [1.807, 2.05) is 0 Å². The third-order valence-electron chi connectivity index (χ3n) is 2.75. The van der Waals surface area contributed by atoms with Crippen LogP contribution in [-0.4, -0.2) is 32.4 Å². The monoisotopic (exact) mass is 280 g/mol. The zero-order chi connectivity index (χ0) is 14.4. The van der Waals surface area contributed by atoms with Crippen LogP contribution in [0.15, 0.2) is 28.8 Å². The van der Waals surface area contributed by atoms with Crippen LogP contribution >= 0.6 is 0 Å². The van der Waals surface area contributed by atoms with Gasteiger partial charge in [0.05, 0.1) is 26.5 Å². The number of rotatable bonds is 7. The molecule has 0 aliphatic rings. The summed E-state index contributed by atoms with van der Waals surface area (Å²) >= 11 is 0. The first-order valence-electron chi connectivity index (χ1n) is 6.23. The summed E-state index contributed by atoms with van der Waals surface area (Å²) in [5, 5.41) is 3.12. The third kappa shape index (κ3) is 3.55. The smallest absolute Gasteiger partial charge is 0.208 e. The van der Waals surface area contributed by atoms with E-state index in [2.05, 4.69) is 10.3 Å². The molecule has 1 aromatic heterocycles. The van der Waals surface area contributed by atoms with Gasteiger partial charge >= 0.3 is 0 Å². The first kappa shape index (κ1) is 14.5. The highest BCUT2D eigenvalue weighted by molar-refractivity contribution is 5.57. The minimum atomic E-state index is -0.429. The fourth-order valence-electron chi connectivity index (χ4n) is 1.71. The van der Waals surface area contributed by atoms with Gasteiger partial charge in [-0.3, -0.25) is 0 Å². The molecule has 0 radical (unpaired) electrons. The molecule has 1 N–H and O–H groups in total. The topological polar surface area (TPSA) is 56.5 Å². The summed E-state index contributed by atoms with van der Waals surface area (Å²) in [6.45, 7) is 1.84. The Kier molecular flexibility index (Phi) is 5.09. The highest BCUT2D eigenvalue weighted by atomic mass is 19.1. The molecule has 0 unspecified atom stereocenters. The molecule has 108 valence electrons. The van der Waals surface area contributed by atoms with E-state index in [4.69, 9.17) is 13.9 Å². The quantitative estimate of drug-likeness (QED) is 0.788. The molecular formula is C14H17FN2O3. The van der Waals surface area contributed by atoms with Crippen molar-refractivity contribution in [1.82, 2.24) is 10.3 Å². The number of ether oxygens (including phenoxy) is 2. The van der Waals surface area contributed by atoms with Crippen molar-refractivity contribution in [1.29, 1.82) is 0 Å². The lowest BCUT2D eigenvalue weighted by Crippen LogP contribution is -2.18. The van der Waals surface area contributed by atoms with Gasteiger partial charge < -0.3 is 19.2 Å². The van der Waals surface area contributed by atoms with E-state index < -0.39 is 5.82 Å². The van der Waals surface area contributed by atoms with E-state index in [0.29, 0.717) is 36.9 Å². The van der Waals surface area contributed by atoms with Crippen LogP contribution in [0, 0.1) is 5.82 Å². The number of benzene rings is 1. The van der Waals surface area contributed by atoms with Crippen molar-refractivity contribution >= 4 is 0 Å². The van der Waals surface area contributed by atoms with Gasteiger partial charge in [0.2, 0.25) is 5.89 Å². The van der Waals surface area contributed by atoms with Gasteiger partial charge in [-0.2, -0.15) is 0 Å². The SMILES string of the molecule is COCCNCc1ncc(-c2ccc(OC)c(F)c2)o1. The fraction of sp³-hybridized carbons (Fsp3) is 0.357. The number of hydrogen-bond acceptors (Lipinski definition) is 5. The van der Waals surface area contributed by atoms with Crippen molar-refractivity contribution in [3.63, 3.8) is 0 Å². The van der Waals surface area contributed by atoms with Crippen LogP contribution < -0.4 is 10.1 Å². The Labute approximate surface area is 116 Å². The molecule has 0 saturated heterocycles. The van der Waals surface area contributed by atoms with E-state index in [9.17, 15) is 4.39 Å². The Morgan fingerprint density at radius 3 is 2.90 bits per heavy atom. The average Bonchev–Trinajstić information content (AvgIpc) is 2.92. The van der Waals surface area contributed by atoms with Gasteiger partial charge in [-0.05, 0) is 18.2 Å². The number of nitrogens with one attached hydrogen (secondary N) is 1. The van der Waals surface area contributed by atoms with Crippen LogP contribution in [0.4, 0.5) is 4.39 Å². The molecule has 2 aromatic rings. The normalized spacial score (nSPS) is 10.8. The molecule has 0 fully saturated rings. The van der Waals surface area contributed by atoms with Crippen LogP contribution in [0.25, 0.3) is 11.3 Å². The van der Waals surface area contributed by atoms with Gasteiger partial charge in [-0.15, -0.1) is 0 Å². The summed E-state index contributed by atoms with van der Waals surface area (Å²) in [6, 6.07) is 4.65. The molecule has 0 spiro atoms. The molecule has 1 aromatic carbocycles. The Bertz CT molecular complexity index is 557. The van der Waals surface area contributed by atoms with Crippen molar-refractivity contribution in [3.05, 3.63) is 36.1 Å². The zero-order valence-corrected chi connectivity index (χ0v) is 11.5. The molecule has 6 heteroatoms. The first-order valence-corrected chi connectivity index (χ1v) is 6.23. The summed E-state index contributed by atoms with van der Waals surface area (Å²) in [5.41, 5.74) is 0.624. The summed E-state index contributed by atoms with van der Waals surface area (Å²) in [5.74, 6) is 0.846. The number of methoxy groups -OCH3 is 2. The molecule has 5 nitrogen and oxygen atoms in total. The van der Waals surface area contributed by atoms with Gasteiger partial charge in [0, 0.05) is 19.2 Å². The fourth-order valence-corrected chi connectivity index (χ4v) is 1.71. The zero-order valence-electron chi connectivity index (χ0n) is 11.5. The molecule has 0 bridgehead atoms. The lowest BCUT2D eigenvalue weighted by molar-refractivity contribution is 0.198. The van der Waals surface area contributed by atoms with E-state index in [0.717, 1.165) is 0 Å². The molecule has 0 amide bonds. The molecular weight excluding hydrogens is 263 g/mol. The second-order valence-electron chi connectivity index (χ2n) is 4.14. The van der Waals surface area contributed by atoms with Gasteiger partial charge in [0.1, 0.15) is 0 Å². The largest absolute Gasteiger partial charge is 0.494 e. The van der Waals surface area contributed by atoms with Crippen LogP contribution in [-0.2, 0) is 11.3 Å². The summed E-state index contributed by atoms with van der Waals surface area (Å²) in [7, 11) is 3.07. The summed E-state index contributed by atoms with van der Waals surface area (Å²) < 4.78 is 29.0. The van der Waals surface area contributed by atoms with Crippen molar-refractivity contribution in [2.45, 2.75) is 6.54 Å². The van der Waals surface area contributed by atoms with Gasteiger partial charge in [0.15, 0.2) is 17.3 Å². The molecule has 1 heterocycles. The van der Waals surface area contributed by atoms with Gasteiger partial charge in [-0.1, -0.05) is 0 Å². The van der Waals surface area contributed by atoms with E-state index in [1.54, 1.807) is 25.4 Å².